The Morgan fingerprint density at radius 2 is 2.10 bits per heavy atom. The van der Waals surface area contributed by atoms with Gasteiger partial charge in [0.25, 0.3) is 5.91 Å². The maximum absolute atomic E-state index is 13.0. The number of methoxy groups -OCH3 is 1. The lowest BCUT2D eigenvalue weighted by Crippen LogP contribution is -2.28. The Kier molecular flexibility index (Phi) is 5.39. The fraction of sp³-hybridized carbons (Fsp3) is 0.391. The summed E-state index contributed by atoms with van der Waals surface area (Å²) in [6.07, 6.45) is 4.34. The molecule has 0 bridgehead atoms. The van der Waals surface area contributed by atoms with Gasteiger partial charge < -0.3 is 14.6 Å². The molecule has 0 spiro atoms. The van der Waals surface area contributed by atoms with Crippen molar-refractivity contribution in [2.24, 2.45) is 0 Å². The number of rotatable bonds is 6. The van der Waals surface area contributed by atoms with Gasteiger partial charge in [0.1, 0.15) is 12.0 Å². The lowest BCUT2D eigenvalue weighted by Gasteiger charge is -2.17. The van der Waals surface area contributed by atoms with Gasteiger partial charge in [-0.15, -0.1) is 0 Å². The first-order valence-corrected chi connectivity index (χ1v) is 10.5. The number of hydrogen-bond donors (Lipinski definition) is 1. The lowest BCUT2D eigenvalue weighted by atomic mass is 9.98. The number of amides is 1. The minimum absolute atomic E-state index is 0.0515. The summed E-state index contributed by atoms with van der Waals surface area (Å²) in [5, 5.41) is 4.28. The van der Waals surface area contributed by atoms with Crippen LogP contribution in [0.1, 0.15) is 54.7 Å². The third-order valence-corrected chi connectivity index (χ3v) is 5.53. The van der Waals surface area contributed by atoms with E-state index in [1.165, 1.54) is 6.33 Å². The number of fused-ring (bicyclic) bond motifs is 2. The van der Waals surface area contributed by atoms with Crippen molar-refractivity contribution in [1.29, 1.82) is 0 Å². The van der Waals surface area contributed by atoms with Gasteiger partial charge in [-0.05, 0) is 37.0 Å². The summed E-state index contributed by atoms with van der Waals surface area (Å²) in [5.74, 6) is 0.779. The summed E-state index contributed by atoms with van der Waals surface area (Å²) >= 11 is 0. The number of aromatic amines is 1. The number of carbonyl (C=O) groups is 1. The average Bonchev–Trinajstić information content (AvgIpc) is 3.36. The van der Waals surface area contributed by atoms with Gasteiger partial charge in [0.2, 0.25) is 0 Å². The number of nitrogens with zero attached hydrogens (tertiary/aromatic N) is 5. The third-order valence-electron chi connectivity index (χ3n) is 5.53. The van der Waals surface area contributed by atoms with E-state index in [9.17, 15) is 4.79 Å². The molecule has 0 saturated carbocycles. The highest BCUT2D eigenvalue weighted by Crippen LogP contribution is 2.37. The minimum Gasteiger partial charge on any atom is -0.493 e. The van der Waals surface area contributed by atoms with E-state index in [4.69, 9.17) is 9.72 Å². The molecule has 0 unspecified atom stereocenters. The van der Waals surface area contributed by atoms with Crippen LogP contribution in [0.4, 0.5) is 0 Å². The number of aryl methyl sites for hydroxylation is 1. The van der Waals surface area contributed by atoms with Crippen LogP contribution in [0.2, 0.25) is 0 Å². The molecule has 31 heavy (non-hydrogen) atoms. The highest BCUT2D eigenvalue weighted by atomic mass is 16.5. The topological polar surface area (TPSA) is 88.4 Å². The second-order valence-corrected chi connectivity index (χ2v) is 8.17. The number of pyridine rings is 2. The number of carbonyl (C=O) groups excluding carboxylic acids is 1. The molecule has 0 aliphatic carbocycles. The SMILES string of the molecule is CCCN(C)C(=O)c1nc2c(C(C)C)c(-c3cc(OC)c4ncnn4c3)[nH]c2cc1C. The molecule has 0 aliphatic heterocycles. The Morgan fingerprint density at radius 1 is 1.32 bits per heavy atom. The zero-order valence-electron chi connectivity index (χ0n) is 18.9. The summed E-state index contributed by atoms with van der Waals surface area (Å²) in [5.41, 5.74) is 6.67. The van der Waals surface area contributed by atoms with Crippen LogP contribution in [0.15, 0.2) is 24.7 Å². The number of nitrogens with one attached hydrogen (secondary N) is 1. The first-order valence-electron chi connectivity index (χ1n) is 10.5. The molecule has 8 nitrogen and oxygen atoms in total. The normalized spacial score (nSPS) is 11.6. The molecule has 0 aliphatic rings. The Balaban J connectivity index is 1.93. The summed E-state index contributed by atoms with van der Waals surface area (Å²) < 4.78 is 7.24. The van der Waals surface area contributed by atoms with Gasteiger partial charge in [-0.3, -0.25) is 4.79 Å². The van der Waals surface area contributed by atoms with Gasteiger partial charge in [-0.25, -0.2) is 14.5 Å². The van der Waals surface area contributed by atoms with Crippen molar-refractivity contribution in [1.82, 2.24) is 29.5 Å². The number of hydrogen-bond acceptors (Lipinski definition) is 5. The van der Waals surface area contributed by atoms with E-state index in [1.807, 2.05) is 32.3 Å². The second kappa shape index (κ2) is 8.02. The molecule has 1 N–H and O–H groups in total. The molecule has 4 aromatic heterocycles. The monoisotopic (exact) mass is 420 g/mol. The van der Waals surface area contributed by atoms with E-state index in [-0.39, 0.29) is 11.8 Å². The van der Waals surface area contributed by atoms with Crippen molar-refractivity contribution in [2.75, 3.05) is 20.7 Å². The van der Waals surface area contributed by atoms with Crippen LogP contribution in [0.3, 0.4) is 0 Å². The highest BCUT2D eigenvalue weighted by molar-refractivity contribution is 5.98. The number of ether oxygens (including phenoxy) is 1. The van der Waals surface area contributed by atoms with Gasteiger partial charge in [-0.1, -0.05) is 20.8 Å². The van der Waals surface area contributed by atoms with E-state index in [1.54, 1.807) is 16.5 Å². The molecular formula is C23H28N6O2. The molecule has 1 amide bonds. The van der Waals surface area contributed by atoms with Gasteiger partial charge in [0.05, 0.1) is 23.8 Å². The molecular weight excluding hydrogens is 392 g/mol. The van der Waals surface area contributed by atoms with Crippen LogP contribution in [0.5, 0.6) is 5.75 Å². The predicted octanol–water partition coefficient (Wildman–Crippen LogP) is 4.20. The van der Waals surface area contributed by atoms with Gasteiger partial charge in [-0.2, -0.15) is 5.10 Å². The molecule has 0 atom stereocenters. The molecule has 4 rings (SSSR count). The summed E-state index contributed by atoms with van der Waals surface area (Å²) in [4.78, 5) is 27.3. The molecule has 0 saturated heterocycles. The van der Waals surface area contributed by atoms with Crippen LogP contribution in [0, 0.1) is 6.92 Å². The van der Waals surface area contributed by atoms with Gasteiger partial charge in [0.15, 0.2) is 11.4 Å². The molecule has 162 valence electrons. The average molecular weight is 421 g/mol. The van der Waals surface area contributed by atoms with Crippen LogP contribution in [-0.4, -0.2) is 56.1 Å². The Bertz CT molecular complexity index is 1270. The Hall–Kier alpha value is -3.42. The largest absolute Gasteiger partial charge is 0.493 e. The Morgan fingerprint density at radius 3 is 2.77 bits per heavy atom. The van der Waals surface area contributed by atoms with Crippen LogP contribution in [0.25, 0.3) is 27.9 Å². The van der Waals surface area contributed by atoms with Crippen molar-refractivity contribution in [3.63, 3.8) is 0 Å². The molecule has 0 radical (unpaired) electrons. The number of aromatic nitrogens is 5. The minimum atomic E-state index is -0.0515. The van der Waals surface area contributed by atoms with Crippen molar-refractivity contribution in [3.8, 4) is 17.0 Å². The maximum Gasteiger partial charge on any atom is 0.272 e. The summed E-state index contributed by atoms with van der Waals surface area (Å²) in [7, 11) is 3.45. The van der Waals surface area contributed by atoms with Crippen molar-refractivity contribution >= 4 is 22.6 Å². The zero-order chi connectivity index (χ0) is 22.3. The predicted molar refractivity (Wildman–Crippen MR) is 121 cm³/mol. The van der Waals surface area contributed by atoms with Crippen LogP contribution in [-0.2, 0) is 0 Å². The first kappa shape index (κ1) is 20.8. The molecule has 0 fully saturated rings. The van der Waals surface area contributed by atoms with Crippen molar-refractivity contribution in [2.45, 2.75) is 40.0 Å². The first-order chi connectivity index (χ1) is 14.8. The van der Waals surface area contributed by atoms with Gasteiger partial charge >= 0.3 is 0 Å². The van der Waals surface area contributed by atoms with Crippen molar-refractivity contribution < 1.29 is 9.53 Å². The molecule has 4 aromatic rings. The molecule has 0 aromatic carbocycles. The maximum atomic E-state index is 13.0. The van der Waals surface area contributed by atoms with E-state index >= 15 is 0 Å². The fourth-order valence-corrected chi connectivity index (χ4v) is 4.04. The molecule has 4 heterocycles. The quantitative estimate of drug-likeness (QED) is 0.505. The number of H-pyrrole nitrogens is 1. The van der Waals surface area contributed by atoms with E-state index in [0.29, 0.717) is 23.6 Å². The zero-order valence-corrected chi connectivity index (χ0v) is 18.9. The van der Waals surface area contributed by atoms with E-state index < -0.39 is 0 Å². The third kappa shape index (κ3) is 3.52. The lowest BCUT2D eigenvalue weighted by molar-refractivity contribution is 0.0789. The van der Waals surface area contributed by atoms with E-state index in [0.717, 1.165) is 39.8 Å². The highest BCUT2D eigenvalue weighted by Gasteiger charge is 2.23. The fourth-order valence-electron chi connectivity index (χ4n) is 4.04. The standard InChI is InChI=1S/C23H28N6O2/c1-7-8-28(5)23(30)19-14(4)9-16-21(27-19)18(13(2)3)20(26-16)15-10-17(31-6)22-24-12-25-29(22)11-15/h9-13,26H,7-8H2,1-6H3. The smallest absolute Gasteiger partial charge is 0.272 e. The summed E-state index contributed by atoms with van der Waals surface area (Å²) in [6.45, 7) is 8.95. The molecule has 8 heteroatoms. The second-order valence-electron chi connectivity index (χ2n) is 8.17. The van der Waals surface area contributed by atoms with Gasteiger partial charge in [0, 0.05) is 30.9 Å². The van der Waals surface area contributed by atoms with Crippen molar-refractivity contribution in [3.05, 3.63) is 41.5 Å². The summed E-state index contributed by atoms with van der Waals surface area (Å²) in [6, 6.07) is 3.96. The van der Waals surface area contributed by atoms with Crippen LogP contribution >= 0.6 is 0 Å². The van der Waals surface area contributed by atoms with E-state index in [2.05, 4.69) is 35.8 Å². The Labute approximate surface area is 181 Å². The van der Waals surface area contributed by atoms with Crippen LogP contribution < -0.4 is 4.74 Å².